The van der Waals surface area contributed by atoms with Crippen molar-refractivity contribution in [3.8, 4) is 17.6 Å². The van der Waals surface area contributed by atoms with Crippen molar-refractivity contribution in [2.75, 3.05) is 6.61 Å². The molecule has 0 aromatic heterocycles. The third-order valence-electron chi connectivity index (χ3n) is 5.44. The number of nitrogens with zero attached hydrogens (tertiary/aromatic N) is 1. The van der Waals surface area contributed by atoms with Crippen molar-refractivity contribution in [2.45, 2.75) is 39.8 Å². The van der Waals surface area contributed by atoms with Crippen molar-refractivity contribution in [2.24, 2.45) is 10.4 Å². The van der Waals surface area contributed by atoms with Crippen LogP contribution in [0.4, 0.5) is 0 Å². The van der Waals surface area contributed by atoms with Crippen LogP contribution in [0.2, 0.25) is 10.0 Å². The fraction of sp³-hybridized carbons (Fsp3) is 0.276. The number of nitrogens with one attached hydrogen (secondary N) is 1. The monoisotopic (exact) mass is 490 g/mol. The van der Waals surface area contributed by atoms with E-state index >= 15 is 0 Å². The van der Waals surface area contributed by atoms with E-state index in [1.54, 1.807) is 0 Å². The van der Waals surface area contributed by atoms with Crippen molar-refractivity contribution >= 4 is 29.0 Å². The first-order valence-corrected chi connectivity index (χ1v) is 12.1. The van der Waals surface area contributed by atoms with E-state index in [0.717, 1.165) is 33.8 Å². The van der Waals surface area contributed by atoms with Crippen LogP contribution in [0.3, 0.4) is 0 Å². The standard InChI is InChI=1S/C29H28Cl2N2O/c1-5-34-25-18-19(16-17-29(2,3)4)6-15-24(25)28-32-26(20-7-11-22(30)12-8-20)27(33-28)21-9-13-23(31)14-10-21/h6-15,18,26-27H,5H2,1-4H3,(H,32,33). The van der Waals surface area contributed by atoms with Gasteiger partial charge in [0.1, 0.15) is 17.6 Å². The highest BCUT2D eigenvalue weighted by Gasteiger charge is 2.32. The topological polar surface area (TPSA) is 33.6 Å². The van der Waals surface area contributed by atoms with Crippen LogP contribution in [0.1, 0.15) is 62.0 Å². The minimum absolute atomic E-state index is 0.0525. The van der Waals surface area contributed by atoms with E-state index in [9.17, 15) is 0 Å². The van der Waals surface area contributed by atoms with Crippen LogP contribution in [-0.4, -0.2) is 12.4 Å². The molecule has 174 valence electrons. The van der Waals surface area contributed by atoms with Gasteiger partial charge in [-0.2, -0.15) is 0 Å². The van der Waals surface area contributed by atoms with Crippen LogP contribution < -0.4 is 10.1 Å². The van der Waals surface area contributed by atoms with E-state index in [-0.39, 0.29) is 17.5 Å². The van der Waals surface area contributed by atoms with Gasteiger partial charge >= 0.3 is 0 Å². The van der Waals surface area contributed by atoms with Gasteiger partial charge in [0.25, 0.3) is 0 Å². The first-order valence-electron chi connectivity index (χ1n) is 11.4. The van der Waals surface area contributed by atoms with Gasteiger partial charge in [0.2, 0.25) is 0 Å². The highest BCUT2D eigenvalue weighted by molar-refractivity contribution is 6.30. The molecule has 3 aromatic carbocycles. The molecule has 0 spiro atoms. The van der Waals surface area contributed by atoms with E-state index in [2.05, 4.69) is 37.9 Å². The third-order valence-corrected chi connectivity index (χ3v) is 5.94. The molecule has 34 heavy (non-hydrogen) atoms. The molecule has 0 bridgehead atoms. The number of ether oxygens (including phenoxy) is 1. The predicted octanol–water partition coefficient (Wildman–Crippen LogP) is 7.62. The molecule has 0 saturated heterocycles. The summed E-state index contributed by atoms with van der Waals surface area (Å²) in [6, 6.07) is 21.6. The lowest BCUT2D eigenvalue weighted by atomic mass is 9.95. The molecule has 5 heteroatoms. The number of amidine groups is 1. The molecule has 1 heterocycles. The van der Waals surface area contributed by atoms with Gasteiger partial charge in [0, 0.05) is 21.0 Å². The molecule has 1 aliphatic heterocycles. The fourth-order valence-electron chi connectivity index (χ4n) is 3.82. The molecule has 3 aromatic rings. The zero-order chi connectivity index (χ0) is 24.3. The first-order chi connectivity index (χ1) is 16.2. The van der Waals surface area contributed by atoms with Crippen molar-refractivity contribution in [3.63, 3.8) is 0 Å². The molecule has 0 amide bonds. The van der Waals surface area contributed by atoms with Gasteiger partial charge in [-0.25, -0.2) is 0 Å². The average Bonchev–Trinajstić information content (AvgIpc) is 3.24. The lowest BCUT2D eigenvalue weighted by Gasteiger charge is -2.20. The fourth-order valence-corrected chi connectivity index (χ4v) is 4.07. The average molecular weight is 491 g/mol. The number of rotatable bonds is 5. The Bertz CT molecular complexity index is 1250. The highest BCUT2D eigenvalue weighted by atomic mass is 35.5. The molecule has 2 unspecified atom stereocenters. The summed E-state index contributed by atoms with van der Waals surface area (Å²) < 4.78 is 6.01. The van der Waals surface area contributed by atoms with Gasteiger partial charge < -0.3 is 10.1 Å². The number of halogens is 2. The first kappa shape index (κ1) is 24.2. The van der Waals surface area contributed by atoms with Crippen LogP contribution in [0.15, 0.2) is 71.7 Å². The summed E-state index contributed by atoms with van der Waals surface area (Å²) in [6.07, 6.45) is 0. The third kappa shape index (κ3) is 5.76. The summed E-state index contributed by atoms with van der Waals surface area (Å²) in [7, 11) is 0. The molecular weight excluding hydrogens is 463 g/mol. The summed E-state index contributed by atoms with van der Waals surface area (Å²) in [5.74, 6) is 8.11. The molecule has 3 nitrogen and oxygen atoms in total. The summed E-state index contributed by atoms with van der Waals surface area (Å²) in [4.78, 5) is 5.11. The Morgan fingerprint density at radius 3 is 2.12 bits per heavy atom. The lowest BCUT2D eigenvalue weighted by molar-refractivity contribution is 0.339. The van der Waals surface area contributed by atoms with Gasteiger partial charge in [0.15, 0.2) is 0 Å². The van der Waals surface area contributed by atoms with Crippen molar-refractivity contribution in [3.05, 3.63) is 99.0 Å². The van der Waals surface area contributed by atoms with E-state index in [1.807, 2.05) is 73.7 Å². The van der Waals surface area contributed by atoms with Gasteiger partial charge in [-0.05, 0) is 81.3 Å². The lowest BCUT2D eigenvalue weighted by Crippen LogP contribution is -2.25. The van der Waals surface area contributed by atoms with E-state index in [0.29, 0.717) is 16.7 Å². The molecule has 0 aliphatic carbocycles. The van der Waals surface area contributed by atoms with Gasteiger partial charge in [-0.1, -0.05) is 59.3 Å². The van der Waals surface area contributed by atoms with Crippen LogP contribution in [-0.2, 0) is 0 Å². The molecule has 1 aliphatic rings. The summed E-state index contributed by atoms with van der Waals surface area (Å²) in [5.41, 5.74) is 3.95. The van der Waals surface area contributed by atoms with Crippen LogP contribution in [0.5, 0.6) is 5.75 Å². The van der Waals surface area contributed by atoms with Crippen LogP contribution in [0.25, 0.3) is 0 Å². The molecule has 0 fully saturated rings. The summed E-state index contributed by atoms with van der Waals surface area (Å²) >= 11 is 12.3. The second-order valence-electron chi connectivity index (χ2n) is 9.29. The second kappa shape index (κ2) is 10.1. The molecule has 4 rings (SSSR count). The molecule has 0 radical (unpaired) electrons. The Morgan fingerprint density at radius 1 is 0.912 bits per heavy atom. The Hall–Kier alpha value is -2.93. The van der Waals surface area contributed by atoms with Crippen LogP contribution >= 0.6 is 23.2 Å². The van der Waals surface area contributed by atoms with Crippen molar-refractivity contribution in [1.29, 1.82) is 0 Å². The highest BCUT2D eigenvalue weighted by Crippen LogP contribution is 2.39. The van der Waals surface area contributed by atoms with Gasteiger partial charge in [0.05, 0.1) is 18.2 Å². The van der Waals surface area contributed by atoms with Gasteiger partial charge in [-0.3, -0.25) is 4.99 Å². The predicted molar refractivity (Wildman–Crippen MR) is 142 cm³/mol. The molecule has 0 saturated carbocycles. The number of hydrogen-bond acceptors (Lipinski definition) is 3. The normalized spacial score (nSPS) is 17.4. The largest absolute Gasteiger partial charge is 0.493 e. The smallest absolute Gasteiger partial charge is 0.133 e. The number of hydrogen-bond donors (Lipinski definition) is 1. The maximum Gasteiger partial charge on any atom is 0.133 e. The quantitative estimate of drug-likeness (QED) is 0.373. The minimum atomic E-state index is -0.122. The van der Waals surface area contributed by atoms with E-state index in [4.69, 9.17) is 32.9 Å². The zero-order valence-corrected chi connectivity index (χ0v) is 21.3. The number of benzene rings is 3. The Labute approximate surface area is 212 Å². The van der Waals surface area contributed by atoms with E-state index < -0.39 is 0 Å². The number of aliphatic imine (C=N–C) groups is 1. The van der Waals surface area contributed by atoms with Crippen molar-refractivity contribution < 1.29 is 4.74 Å². The van der Waals surface area contributed by atoms with Crippen LogP contribution in [0, 0.1) is 17.3 Å². The van der Waals surface area contributed by atoms with Gasteiger partial charge in [-0.15, -0.1) is 0 Å². The van der Waals surface area contributed by atoms with E-state index in [1.165, 1.54) is 0 Å². The minimum Gasteiger partial charge on any atom is -0.493 e. The molecule has 1 N–H and O–H groups in total. The summed E-state index contributed by atoms with van der Waals surface area (Å²) in [6.45, 7) is 8.83. The summed E-state index contributed by atoms with van der Waals surface area (Å²) in [5, 5.41) is 5.05. The zero-order valence-electron chi connectivity index (χ0n) is 19.8. The maximum atomic E-state index is 6.15. The Kier molecular flexibility index (Phi) is 7.22. The Morgan fingerprint density at radius 2 is 1.53 bits per heavy atom. The Balaban J connectivity index is 1.75. The maximum absolute atomic E-state index is 6.15. The second-order valence-corrected chi connectivity index (χ2v) is 10.2. The molecular formula is C29H28Cl2N2O. The molecule has 2 atom stereocenters. The SMILES string of the molecule is CCOc1cc(C#CC(C)(C)C)ccc1C1=NC(c2ccc(Cl)cc2)C(c2ccc(Cl)cc2)N1. The van der Waals surface area contributed by atoms with Crippen molar-refractivity contribution in [1.82, 2.24) is 5.32 Å².